The average Bonchev–Trinajstić information content (AvgIpc) is 2.95. The largest absolute Gasteiger partial charge is 0.319 e. The molecule has 2 fully saturated rings. The van der Waals surface area contributed by atoms with Crippen molar-refractivity contribution in [1.29, 1.82) is 0 Å². The molecule has 9 heteroatoms. The summed E-state index contributed by atoms with van der Waals surface area (Å²) >= 11 is 6.30. The fraction of sp³-hybridized carbons (Fsp3) is 0.480. The number of anilines is 3. The number of likely N-dealkylation sites (tertiary alicyclic amines) is 1. The Bertz CT molecular complexity index is 1070. The molecule has 2 aromatic rings. The summed E-state index contributed by atoms with van der Waals surface area (Å²) in [6, 6.07) is 8.87. The molecule has 8 nitrogen and oxygen atoms in total. The number of nitrogens with one attached hydrogen (secondary N) is 1. The van der Waals surface area contributed by atoms with Gasteiger partial charge in [0.15, 0.2) is 5.82 Å². The molecule has 0 radical (unpaired) electrons. The first-order valence-electron chi connectivity index (χ1n) is 12.0. The van der Waals surface area contributed by atoms with E-state index in [2.05, 4.69) is 32.0 Å². The van der Waals surface area contributed by atoms with Crippen LogP contribution >= 0.6 is 11.6 Å². The van der Waals surface area contributed by atoms with Gasteiger partial charge in [-0.1, -0.05) is 18.0 Å². The predicted molar refractivity (Wildman–Crippen MR) is 134 cm³/mol. The lowest BCUT2D eigenvalue weighted by Crippen LogP contribution is -2.53. The van der Waals surface area contributed by atoms with Crippen molar-refractivity contribution in [2.24, 2.45) is 0 Å². The number of carbonyl (C=O) groups excluding carboxylic acids is 2. The highest BCUT2D eigenvalue weighted by molar-refractivity contribution is 6.31. The fourth-order valence-electron chi connectivity index (χ4n) is 5.16. The number of halogens is 1. The number of fused-ring (bicyclic) bond motifs is 2. The van der Waals surface area contributed by atoms with Crippen LogP contribution in [0.25, 0.3) is 0 Å². The highest BCUT2D eigenvalue weighted by Gasteiger charge is 2.34. The molecule has 0 aliphatic carbocycles. The Morgan fingerprint density at radius 1 is 1.15 bits per heavy atom. The van der Waals surface area contributed by atoms with Crippen LogP contribution in [0.4, 0.5) is 17.2 Å². The predicted octanol–water partition coefficient (Wildman–Crippen LogP) is 3.07. The zero-order chi connectivity index (χ0) is 23.7. The molecule has 34 heavy (non-hydrogen) atoms. The van der Waals surface area contributed by atoms with Crippen LogP contribution in [0.15, 0.2) is 36.5 Å². The molecule has 0 bridgehead atoms. The number of hydrogen-bond acceptors (Lipinski definition) is 6. The number of piperidine rings is 1. The Hall–Kier alpha value is -2.52. The van der Waals surface area contributed by atoms with Gasteiger partial charge in [0.1, 0.15) is 0 Å². The minimum Gasteiger partial charge on any atom is -0.319 e. The number of pyridine rings is 1. The van der Waals surface area contributed by atoms with Crippen molar-refractivity contribution in [2.75, 3.05) is 63.1 Å². The van der Waals surface area contributed by atoms with E-state index in [1.807, 2.05) is 0 Å². The third-order valence-electron chi connectivity index (χ3n) is 7.09. The molecule has 0 saturated carbocycles. The maximum Gasteiger partial charge on any atom is 0.257 e. The van der Waals surface area contributed by atoms with Crippen molar-refractivity contribution < 1.29 is 9.59 Å². The number of likely N-dealkylation sites (N-methyl/N-ethyl adjacent to an activating group) is 1. The van der Waals surface area contributed by atoms with Gasteiger partial charge in [0.25, 0.3) is 5.91 Å². The van der Waals surface area contributed by atoms with Crippen molar-refractivity contribution in [3.8, 4) is 0 Å². The summed E-state index contributed by atoms with van der Waals surface area (Å²) in [6.45, 7) is 6.45. The van der Waals surface area contributed by atoms with Gasteiger partial charge in [0, 0.05) is 50.0 Å². The Balaban J connectivity index is 1.41. The first-order valence-corrected chi connectivity index (χ1v) is 12.4. The molecule has 180 valence electrons. The summed E-state index contributed by atoms with van der Waals surface area (Å²) < 4.78 is 0. The third kappa shape index (κ3) is 4.81. The number of rotatable bonds is 4. The Morgan fingerprint density at radius 2 is 1.97 bits per heavy atom. The van der Waals surface area contributed by atoms with Gasteiger partial charge in [-0.2, -0.15) is 0 Å². The molecule has 1 atom stereocenters. The number of aromatic nitrogens is 1. The molecule has 1 unspecified atom stereocenters. The van der Waals surface area contributed by atoms with Crippen LogP contribution in [-0.4, -0.2) is 90.4 Å². The minimum atomic E-state index is -0.276. The van der Waals surface area contributed by atoms with Gasteiger partial charge in [-0.05, 0) is 56.8 Å². The van der Waals surface area contributed by atoms with E-state index in [4.69, 9.17) is 11.6 Å². The standard InChI is InChI=1S/C25H31ClN6O2/c1-29-11-13-30(14-12-29)16-19-5-2-3-10-31(19)17-23(33)32-22-15-18(26)7-8-20(22)25(34)28-21-6-4-9-27-24(21)32/h4,6-9,15,19H,2-3,5,10-14,16-17H2,1H3,(H,28,34). The van der Waals surface area contributed by atoms with Crippen LogP contribution in [0.2, 0.25) is 5.02 Å². The van der Waals surface area contributed by atoms with Crippen LogP contribution in [0.3, 0.4) is 0 Å². The number of amides is 2. The molecule has 3 aliphatic heterocycles. The fourth-order valence-corrected chi connectivity index (χ4v) is 5.32. The van der Waals surface area contributed by atoms with Crippen molar-refractivity contribution >= 4 is 40.6 Å². The summed E-state index contributed by atoms with van der Waals surface area (Å²) in [4.78, 5) is 40.0. The number of carbonyl (C=O) groups is 2. The van der Waals surface area contributed by atoms with Gasteiger partial charge in [-0.15, -0.1) is 0 Å². The number of piperazine rings is 1. The average molecular weight is 483 g/mol. The van der Waals surface area contributed by atoms with Crippen molar-refractivity contribution in [3.63, 3.8) is 0 Å². The van der Waals surface area contributed by atoms with Crippen LogP contribution in [0, 0.1) is 0 Å². The van der Waals surface area contributed by atoms with E-state index in [9.17, 15) is 9.59 Å². The SMILES string of the molecule is CN1CCN(CC2CCCCN2CC(=O)N2c3cc(Cl)ccc3C(=O)Nc3cccnc32)CC1. The van der Waals surface area contributed by atoms with Gasteiger partial charge >= 0.3 is 0 Å². The quantitative estimate of drug-likeness (QED) is 0.722. The molecule has 4 heterocycles. The Kier molecular flexibility index (Phi) is 6.83. The first kappa shape index (κ1) is 23.2. The second-order valence-electron chi connectivity index (χ2n) is 9.44. The summed E-state index contributed by atoms with van der Waals surface area (Å²) in [5.74, 6) is 0.0434. The molecular weight excluding hydrogens is 452 g/mol. The van der Waals surface area contributed by atoms with Crippen LogP contribution in [0.5, 0.6) is 0 Å². The number of hydrogen-bond donors (Lipinski definition) is 1. The van der Waals surface area contributed by atoms with Crippen LogP contribution < -0.4 is 10.2 Å². The lowest BCUT2D eigenvalue weighted by Gasteiger charge is -2.41. The summed E-state index contributed by atoms with van der Waals surface area (Å²) in [7, 11) is 2.17. The smallest absolute Gasteiger partial charge is 0.257 e. The first-order chi connectivity index (χ1) is 16.5. The summed E-state index contributed by atoms with van der Waals surface area (Å²) in [6.07, 6.45) is 5.01. The molecule has 5 rings (SSSR count). The molecule has 1 N–H and O–H groups in total. The highest BCUT2D eigenvalue weighted by Crippen LogP contribution is 2.38. The van der Waals surface area contributed by atoms with Gasteiger partial charge in [-0.25, -0.2) is 4.98 Å². The molecule has 1 aromatic heterocycles. The lowest BCUT2D eigenvalue weighted by atomic mass is 10.0. The normalized spacial score (nSPS) is 22.0. The molecular formula is C25H31ClN6O2. The number of benzene rings is 1. The van der Waals surface area contributed by atoms with E-state index < -0.39 is 0 Å². The molecule has 2 saturated heterocycles. The Labute approximate surface area is 205 Å². The van der Waals surface area contributed by atoms with Crippen LogP contribution in [-0.2, 0) is 4.79 Å². The van der Waals surface area contributed by atoms with E-state index in [1.165, 1.54) is 6.42 Å². The summed E-state index contributed by atoms with van der Waals surface area (Å²) in [5, 5.41) is 3.36. The van der Waals surface area contributed by atoms with E-state index in [-0.39, 0.29) is 18.4 Å². The zero-order valence-corrected chi connectivity index (χ0v) is 20.3. The highest BCUT2D eigenvalue weighted by atomic mass is 35.5. The van der Waals surface area contributed by atoms with Crippen LogP contribution in [0.1, 0.15) is 29.6 Å². The third-order valence-corrected chi connectivity index (χ3v) is 7.33. The van der Waals surface area contributed by atoms with Crippen molar-refractivity contribution in [3.05, 3.63) is 47.1 Å². The lowest BCUT2D eigenvalue weighted by molar-refractivity contribution is -0.120. The monoisotopic (exact) mass is 482 g/mol. The number of nitrogens with zero attached hydrogens (tertiary/aromatic N) is 5. The zero-order valence-electron chi connectivity index (χ0n) is 19.5. The molecule has 0 spiro atoms. The van der Waals surface area contributed by atoms with Gasteiger partial charge in [0.2, 0.25) is 5.91 Å². The second kappa shape index (κ2) is 10.00. The molecule has 3 aliphatic rings. The molecule has 1 aromatic carbocycles. The van der Waals surface area contributed by atoms with Crippen molar-refractivity contribution in [1.82, 2.24) is 19.7 Å². The maximum atomic E-state index is 13.9. The van der Waals surface area contributed by atoms with Gasteiger partial charge < -0.3 is 10.2 Å². The van der Waals surface area contributed by atoms with Crippen molar-refractivity contribution in [2.45, 2.75) is 25.3 Å². The van der Waals surface area contributed by atoms with E-state index >= 15 is 0 Å². The minimum absolute atomic E-state index is 0.106. The van der Waals surface area contributed by atoms with E-state index in [1.54, 1.807) is 41.4 Å². The summed E-state index contributed by atoms with van der Waals surface area (Å²) in [5.41, 5.74) is 1.39. The van der Waals surface area contributed by atoms with E-state index in [0.717, 1.165) is 52.1 Å². The topological polar surface area (TPSA) is 72.0 Å². The van der Waals surface area contributed by atoms with E-state index in [0.29, 0.717) is 33.8 Å². The van der Waals surface area contributed by atoms with Gasteiger partial charge in [-0.3, -0.25) is 24.3 Å². The Morgan fingerprint density at radius 3 is 2.79 bits per heavy atom. The molecule has 2 amide bonds. The van der Waals surface area contributed by atoms with Gasteiger partial charge in [0.05, 0.1) is 23.5 Å². The second-order valence-corrected chi connectivity index (χ2v) is 9.88. The maximum absolute atomic E-state index is 13.9.